The molecule has 186 valence electrons. The maximum absolute atomic E-state index is 13.4. The molecule has 1 aliphatic heterocycles. The van der Waals surface area contributed by atoms with E-state index in [9.17, 15) is 18.8 Å². The lowest BCUT2D eigenvalue weighted by atomic mass is 10.1. The number of carbonyl (C=O) groups excluding carboxylic acids is 3. The molecule has 0 radical (unpaired) electrons. The number of imide groups is 1. The minimum atomic E-state index is -0.606. The number of anilines is 1. The van der Waals surface area contributed by atoms with Gasteiger partial charge in [-0.1, -0.05) is 53.5 Å². The summed E-state index contributed by atoms with van der Waals surface area (Å²) in [5, 5.41) is 3.93. The molecule has 4 aromatic rings. The van der Waals surface area contributed by atoms with E-state index in [2.05, 4.69) is 5.32 Å². The van der Waals surface area contributed by atoms with Crippen LogP contribution in [-0.4, -0.2) is 33.1 Å². The van der Waals surface area contributed by atoms with Gasteiger partial charge < -0.3 is 9.88 Å². The molecule has 1 N–H and O–H groups in total. The molecule has 0 unspecified atom stereocenters. The van der Waals surface area contributed by atoms with Crippen LogP contribution in [0, 0.1) is 5.82 Å². The summed E-state index contributed by atoms with van der Waals surface area (Å²) in [7, 11) is 0. The van der Waals surface area contributed by atoms with Gasteiger partial charge in [0.15, 0.2) is 0 Å². The lowest BCUT2D eigenvalue weighted by Crippen LogP contribution is -2.36. The van der Waals surface area contributed by atoms with E-state index in [-0.39, 0.29) is 10.6 Å². The predicted octanol–water partition coefficient (Wildman–Crippen LogP) is 6.81. The zero-order chi connectivity index (χ0) is 26.1. The number of para-hydroxylation sites is 1. The molecular weight excluding hydrogens is 536 g/mol. The number of hydrogen-bond donors (Lipinski definition) is 1. The van der Waals surface area contributed by atoms with E-state index >= 15 is 0 Å². The molecule has 6 nitrogen and oxygen atoms in total. The third-order valence-electron chi connectivity index (χ3n) is 5.75. The lowest BCUT2D eigenvalue weighted by Gasteiger charge is -2.12. The summed E-state index contributed by atoms with van der Waals surface area (Å²) in [6, 6.07) is 18.4. The minimum Gasteiger partial charge on any atom is -0.342 e. The number of thioether (sulfide) groups is 1. The fraction of sp³-hybridized carbons (Fsp3) is 0.0741. The van der Waals surface area contributed by atoms with Crippen molar-refractivity contribution in [1.82, 2.24) is 9.47 Å². The highest BCUT2D eigenvalue weighted by atomic mass is 35.5. The zero-order valence-corrected chi connectivity index (χ0v) is 21.4. The number of amides is 3. The molecule has 0 bridgehead atoms. The first-order valence-corrected chi connectivity index (χ1v) is 12.7. The number of hydrogen-bond acceptors (Lipinski definition) is 4. The Morgan fingerprint density at radius 3 is 2.62 bits per heavy atom. The van der Waals surface area contributed by atoms with E-state index in [1.54, 1.807) is 18.2 Å². The van der Waals surface area contributed by atoms with Crippen LogP contribution in [0.4, 0.5) is 14.9 Å². The van der Waals surface area contributed by atoms with Crippen molar-refractivity contribution in [2.75, 3.05) is 11.9 Å². The Bertz CT molecular complexity index is 1600. The normalized spacial score (nSPS) is 14.7. The van der Waals surface area contributed by atoms with Crippen molar-refractivity contribution >= 4 is 74.7 Å². The highest BCUT2D eigenvalue weighted by Crippen LogP contribution is 2.34. The quantitative estimate of drug-likeness (QED) is 0.266. The van der Waals surface area contributed by atoms with Crippen molar-refractivity contribution in [2.24, 2.45) is 0 Å². The second-order valence-electron chi connectivity index (χ2n) is 8.29. The Hall–Kier alpha value is -3.59. The Morgan fingerprint density at radius 1 is 1.03 bits per heavy atom. The van der Waals surface area contributed by atoms with Crippen LogP contribution in [-0.2, 0) is 16.1 Å². The molecule has 0 spiro atoms. The summed E-state index contributed by atoms with van der Waals surface area (Å²) in [5.41, 5.74) is 2.79. The van der Waals surface area contributed by atoms with Gasteiger partial charge in [0.25, 0.3) is 11.1 Å². The molecule has 0 atom stereocenters. The zero-order valence-electron chi connectivity index (χ0n) is 19.1. The van der Waals surface area contributed by atoms with Crippen LogP contribution in [0.25, 0.3) is 17.0 Å². The number of benzene rings is 3. The Balaban J connectivity index is 1.38. The van der Waals surface area contributed by atoms with Crippen molar-refractivity contribution in [3.8, 4) is 0 Å². The molecular formula is C27H18Cl2FN3O3S. The number of carbonyl (C=O) groups is 3. The van der Waals surface area contributed by atoms with Gasteiger partial charge in [-0.25, -0.2) is 4.39 Å². The van der Waals surface area contributed by atoms with Crippen molar-refractivity contribution in [3.63, 3.8) is 0 Å². The first-order chi connectivity index (χ1) is 17.8. The second kappa shape index (κ2) is 10.4. The highest BCUT2D eigenvalue weighted by molar-refractivity contribution is 8.18. The molecule has 2 heterocycles. The number of aromatic nitrogens is 1. The van der Waals surface area contributed by atoms with E-state index in [4.69, 9.17) is 23.2 Å². The summed E-state index contributed by atoms with van der Waals surface area (Å²) in [6.45, 7) is 0.00142. The lowest BCUT2D eigenvalue weighted by molar-refractivity contribution is -0.127. The van der Waals surface area contributed by atoms with Crippen LogP contribution < -0.4 is 5.32 Å². The molecule has 1 saturated heterocycles. The average molecular weight is 554 g/mol. The van der Waals surface area contributed by atoms with E-state index < -0.39 is 29.4 Å². The molecule has 0 aliphatic carbocycles. The van der Waals surface area contributed by atoms with Crippen molar-refractivity contribution in [3.05, 3.63) is 105 Å². The van der Waals surface area contributed by atoms with Crippen molar-refractivity contribution in [2.45, 2.75) is 6.54 Å². The van der Waals surface area contributed by atoms with Gasteiger partial charge in [-0.15, -0.1) is 0 Å². The van der Waals surface area contributed by atoms with Crippen molar-refractivity contribution < 1.29 is 18.8 Å². The molecule has 0 saturated carbocycles. The predicted molar refractivity (Wildman–Crippen MR) is 145 cm³/mol. The van der Waals surface area contributed by atoms with Crippen LogP contribution >= 0.6 is 35.0 Å². The second-order valence-corrected chi connectivity index (χ2v) is 10.1. The fourth-order valence-corrected chi connectivity index (χ4v) is 5.34. The monoisotopic (exact) mass is 553 g/mol. The molecule has 3 aromatic carbocycles. The third kappa shape index (κ3) is 5.41. The fourth-order valence-electron chi connectivity index (χ4n) is 4.04. The standard InChI is InChI=1S/C27H18Cl2FN3O3S/c28-18-9-8-16(22(29)11-18)13-32-14-17(21-6-1-2-7-23(21)32)10-24-26(35)33(27(36)37-24)15-25(34)31-20-5-3-4-19(30)12-20/h1-12,14H,13,15H2,(H,31,34)/b24-10+. The Kier molecular flexibility index (Phi) is 7.06. The molecule has 1 fully saturated rings. The Labute approximate surface area is 225 Å². The molecule has 1 aromatic heterocycles. The number of fused-ring (bicyclic) bond motifs is 1. The van der Waals surface area contributed by atoms with E-state index in [0.29, 0.717) is 16.6 Å². The van der Waals surface area contributed by atoms with Crippen molar-refractivity contribution in [1.29, 1.82) is 0 Å². The maximum Gasteiger partial charge on any atom is 0.294 e. The molecule has 3 amide bonds. The summed E-state index contributed by atoms with van der Waals surface area (Å²) in [5.74, 6) is -1.68. The average Bonchev–Trinajstić information content (AvgIpc) is 3.33. The van der Waals surface area contributed by atoms with Crippen LogP contribution in [0.15, 0.2) is 77.8 Å². The third-order valence-corrected chi connectivity index (χ3v) is 7.24. The molecule has 1 aliphatic rings. The van der Waals surface area contributed by atoms with E-state index in [1.807, 2.05) is 41.1 Å². The minimum absolute atomic E-state index is 0.205. The van der Waals surface area contributed by atoms with Crippen LogP contribution in [0.2, 0.25) is 10.0 Å². The van der Waals surface area contributed by atoms with Gasteiger partial charge in [-0.2, -0.15) is 0 Å². The summed E-state index contributed by atoms with van der Waals surface area (Å²) in [4.78, 5) is 39.1. The van der Waals surface area contributed by atoms with Gasteiger partial charge in [0.1, 0.15) is 12.4 Å². The van der Waals surface area contributed by atoms with Gasteiger partial charge in [-0.3, -0.25) is 19.3 Å². The first kappa shape index (κ1) is 25.1. The molecule has 5 rings (SSSR count). The topological polar surface area (TPSA) is 71.4 Å². The summed E-state index contributed by atoms with van der Waals surface area (Å²) < 4.78 is 15.4. The number of nitrogens with zero attached hydrogens (tertiary/aromatic N) is 2. The van der Waals surface area contributed by atoms with Gasteiger partial charge in [-0.05, 0) is 59.8 Å². The number of halogens is 3. The smallest absolute Gasteiger partial charge is 0.294 e. The van der Waals surface area contributed by atoms with Gasteiger partial charge in [0, 0.05) is 44.9 Å². The van der Waals surface area contributed by atoms with Gasteiger partial charge in [0.2, 0.25) is 5.91 Å². The summed E-state index contributed by atoms with van der Waals surface area (Å²) >= 11 is 13.2. The molecule has 37 heavy (non-hydrogen) atoms. The highest BCUT2D eigenvalue weighted by Gasteiger charge is 2.36. The van der Waals surface area contributed by atoms with Crippen LogP contribution in [0.3, 0.4) is 0 Å². The van der Waals surface area contributed by atoms with Crippen LogP contribution in [0.1, 0.15) is 11.1 Å². The SMILES string of the molecule is O=C(CN1C(=O)S/C(=C/c2cn(Cc3ccc(Cl)cc3Cl)c3ccccc23)C1=O)Nc1cccc(F)c1. The largest absolute Gasteiger partial charge is 0.342 e. The van der Waals surface area contributed by atoms with E-state index in [1.165, 1.54) is 18.2 Å². The van der Waals surface area contributed by atoms with E-state index in [0.717, 1.165) is 44.8 Å². The summed E-state index contributed by atoms with van der Waals surface area (Å²) in [6.07, 6.45) is 3.54. The molecule has 10 heteroatoms. The van der Waals surface area contributed by atoms with Crippen LogP contribution in [0.5, 0.6) is 0 Å². The van der Waals surface area contributed by atoms with Gasteiger partial charge >= 0.3 is 0 Å². The Morgan fingerprint density at radius 2 is 1.84 bits per heavy atom. The number of rotatable bonds is 6. The van der Waals surface area contributed by atoms with Gasteiger partial charge in [0.05, 0.1) is 4.91 Å². The first-order valence-electron chi connectivity index (χ1n) is 11.1. The maximum atomic E-state index is 13.4. The number of nitrogens with one attached hydrogen (secondary N) is 1.